The Hall–Kier alpha value is -1.22. The summed E-state index contributed by atoms with van der Waals surface area (Å²) in [7, 11) is 0. The number of hydrogen-bond acceptors (Lipinski definition) is 3. The topological polar surface area (TPSA) is 24.9 Å². The predicted octanol–water partition coefficient (Wildman–Crippen LogP) is 4.49. The zero-order valence-electron chi connectivity index (χ0n) is 12.4. The Morgan fingerprint density at radius 3 is 2.90 bits per heavy atom. The van der Waals surface area contributed by atoms with Gasteiger partial charge in [0.15, 0.2) is 0 Å². The third-order valence-corrected chi connectivity index (χ3v) is 5.37. The summed E-state index contributed by atoms with van der Waals surface area (Å²) < 4.78 is 0. The number of rotatable bonds is 2. The molecule has 20 heavy (non-hydrogen) atoms. The van der Waals surface area contributed by atoms with Crippen molar-refractivity contribution in [3.05, 3.63) is 36.0 Å². The van der Waals surface area contributed by atoms with Gasteiger partial charge in [-0.05, 0) is 36.6 Å². The van der Waals surface area contributed by atoms with Crippen LogP contribution < -0.4 is 5.32 Å². The standard InChI is InChI=1S/C17H22N2S/c1-12-7-8-13-5-4-6-14(16(13)18-12)19-15-11-20-10-9-17(15,2)3/h4-8,15,19H,9-11H2,1-3H3. The van der Waals surface area contributed by atoms with E-state index in [-0.39, 0.29) is 0 Å². The van der Waals surface area contributed by atoms with E-state index in [1.54, 1.807) is 0 Å². The van der Waals surface area contributed by atoms with Gasteiger partial charge in [-0.2, -0.15) is 11.8 Å². The second kappa shape index (κ2) is 5.28. The van der Waals surface area contributed by atoms with E-state index in [1.165, 1.54) is 29.0 Å². The van der Waals surface area contributed by atoms with Gasteiger partial charge >= 0.3 is 0 Å². The number of pyridine rings is 1. The zero-order chi connectivity index (χ0) is 14.2. The molecule has 0 saturated carbocycles. The van der Waals surface area contributed by atoms with Crippen molar-refractivity contribution < 1.29 is 0 Å². The summed E-state index contributed by atoms with van der Waals surface area (Å²) in [4.78, 5) is 4.72. The van der Waals surface area contributed by atoms with Crippen molar-refractivity contribution in [3.8, 4) is 0 Å². The summed E-state index contributed by atoms with van der Waals surface area (Å²) in [6.45, 7) is 6.79. The Labute approximate surface area is 125 Å². The van der Waals surface area contributed by atoms with Crippen molar-refractivity contribution in [2.75, 3.05) is 16.8 Å². The molecule has 1 saturated heterocycles. The van der Waals surface area contributed by atoms with Crippen LogP contribution in [0.1, 0.15) is 26.0 Å². The number of anilines is 1. The number of nitrogens with one attached hydrogen (secondary N) is 1. The average molecular weight is 286 g/mol. The van der Waals surface area contributed by atoms with E-state index in [2.05, 4.69) is 68.2 Å². The highest BCUT2D eigenvalue weighted by Crippen LogP contribution is 2.36. The van der Waals surface area contributed by atoms with Crippen LogP contribution >= 0.6 is 11.8 Å². The maximum absolute atomic E-state index is 4.72. The quantitative estimate of drug-likeness (QED) is 0.880. The van der Waals surface area contributed by atoms with Crippen molar-refractivity contribution in [3.63, 3.8) is 0 Å². The van der Waals surface area contributed by atoms with Crippen LogP contribution in [-0.4, -0.2) is 22.5 Å². The Morgan fingerprint density at radius 2 is 2.10 bits per heavy atom. The first-order valence-electron chi connectivity index (χ1n) is 7.27. The van der Waals surface area contributed by atoms with Gasteiger partial charge in [-0.1, -0.05) is 32.0 Å². The molecule has 0 radical (unpaired) electrons. The Balaban J connectivity index is 1.96. The van der Waals surface area contributed by atoms with Crippen molar-refractivity contribution >= 4 is 28.4 Å². The van der Waals surface area contributed by atoms with Crippen LogP contribution in [-0.2, 0) is 0 Å². The molecular formula is C17H22N2S. The fourth-order valence-corrected chi connectivity index (χ4v) is 4.33. The largest absolute Gasteiger partial charge is 0.379 e. The molecule has 1 unspecified atom stereocenters. The lowest BCUT2D eigenvalue weighted by Gasteiger charge is -2.39. The molecule has 0 aliphatic carbocycles. The summed E-state index contributed by atoms with van der Waals surface area (Å²) in [5.41, 5.74) is 3.69. The van der Waals surface area contributed by atoms with Crippen molar-refractivity contribution in [2.45, 2.75) is 33.2 Å². The molecule has 1 fully saturated rings. The maximum atomic E-state index is 4.72. The highest BCUT2D eigenvalue weighted by atomic mass is 32.2. The zero-order valence-corrected chi connectivity index (χ0v) is 13.3. The summed E-state index contributed by atoms with van der Waals surface area (Å²) in [5.74, 6) is 2.45. The lowest BCUT2D eigenvalue weighted by Crippen LogP contribution is -2.41. The van der Waals surface area contributed by atoms with E-state index in [1.807, 2.05) is 0 Å². The molecule has 3 rings (SSSR count). The first kappa shape index (κ1) is 13.7. The minimum Gasteiger partial charge on any atom is -0.379 e. The van der Waals surface area contributed by atoms with Crippen molar-refractivity contribution in [1.29, 1.82) is 0 Å². The molecule has 1 aliphatic heterocycles. The minimum absolute atomic E-state index is 0.344. The highest BCUT2D eigenvalue weighted by Gasteiger charge is 2.32. The van der Waals surface area contributed by atoms with Crippen LogP contribution in [0.4, 0.5) is 5.69 Å². The number of aromatic nitrogens is 1. The second-order valence-electron chi connectivity index (χ2n) is 6.34. The SMILES string of the molecule is Cc1ccc2cccc(NC3CSCCC3(C)C)c2n1. The number of hydrogen-bond donors (Lipinski definition) is 1. The van der Waals surface area contributed by atoms with Crippen LogP contribution in [0.5, 0.6) is 0 Å². The molecule has 1 N–H and O–H groups in total. The molecule has 3 heteroatoms. The van der Waals surface area contributed by atoms with Crippen LogP contribution in [0.2, 0.25) is 0 Å². The number of benzene rings is 1. The first-order chi connectivity index (χ1) is 9.56. The molecule has 0 bridgehead atoms. The van der Waals surface area contributed by atoms with Gasteiger partial charge in [-0.15, -0.1) is 0 Å². The number of thioether (sulfide) groups is 1. The van der Waals surface area contributed by atoms with Gasteiger partial charge in [0, 0.05) is 22.9 Å². The monoisotopic (exact) mass is 286 g/mol. The van der Waals surface area contributed by atoms with E-state index >= 15 is 0 Å². The fraction of sp³-hybridized carbons (Fsp3) is 0.471. The number of nitrogens with zero attached hydrogens (tertiary/aromatic N) is 1. The summed E-state index contributed by atoms with van der Waals surface area (Å²) in [6, 6.07) is 11.1. The number of para-hydroxylation sites is 1. The Bertz CT molecular complexity index is 621. The lowest BCUT2D eigenvalue weighted by atomic mass is 9.82. The van der Waals surface area contributed by atoms with Crippen LogP contribution in [0.25, 0.3) is 10.9 Å². The van der Waals surface area contributed by atoms with E-state index in [9.17, 15) is 0 Å². The van der Waals surface area contributed by atoms with Gasteiger partial charge < -0.3 is 5.32 Å². The number of fused-ring (bicyclic) bond motifs is 1. The third-order valence-electron chi connectivity index (χ3n) is 4.31. The Morgan fingerprint density at radius 1 is 1.25 bits per heavy atom. The second-order valence-corrected chi connectivity index (χ2v) is 7.49. The predicted molar refractivity (Wildman–Crippen MR) is 89.6 cm³/mol. The van der Waals surface area contributed by atoms with Crippen molar-refractivity contribution in [2.24, 2.45) is 5.41 Å². The van der Waals surface area contributed by atoms with E-state index in [4.69, 9.17) is 4.98 Å². The van der Waals surface area contributed by atoms with Gasteiger partial charge in [-0.3, -0.25) is 4.98 Å². The molecule has 1 aromatic carbocycles. The molecule has 2 heterocycles. The lowest BCUT2D eigenvalue weighted by molar-refractivity contribution is 0.305. The van der Waals surface area contributed by atoms with Gasteiger partial charge in [0.25, 0.3) is 0 Å². The van der Waals surface area contributed by atoms with Gasteiger partial charge in [0.05, 0.1) is 11.2 Å². The van der Waals surface area contributed by atoms with Crippen LogP contribution in [0, 0.1) is 12.3 Å². The molecule has 1 aromatic heterocycles. The van der Waals surface area contributed by atoms with Crippen LogP contribution in [0.3, 0.4) is 0 Å². The van der Waals surface area contributed by atoms with E-state index in [0.717, 1.165) is 11.2 Å². The van der Waals surface area contributed by atoms with Gasteiger partial charge in [-0.25, -0.2) is 0 Å². The third kappa shape index (κ3) is 2.64. The molecule has 0 amide bonds. The van der Waals surface area contributed by atoms with E-state index in [0.29, 0.717) is 11.5 Å². The molecular weight excluding hydrogens is 264 g/mol. The Kier molecular flexibility index (Phi) is 3.63. The molecule has 1 aliphatic rings. The fourth-order valence-electron chi connectivity index (χ4n) is 2.72. The summed E-state index contributed by atoms with van der Waals surface area (Å²) in [5, 5.41) is 4.97. The van der Waals surface area contributed by atoms with Gasteiger partial charge in [0.2, 0.25) is 0 Å². The first-order valence-corrected chi connectivity index (χ1v) is 8.42. The van der Waals surface area contributed by atoms with Gasteiger partial charge in [0.1, 0.15) is 0 Å². The molecule has 0 spiro atoms. The average Bonchev–Trinajstić information content (AvgIpc) is 2.41. The highest BCUT2D eigenvalue weighted by molar-refractivity contribution is 7.99. The maximum Gasteiger partial charge on any atom is 0.0936 e. The number of aryl methyl sites for hydroxylation is 1. The molecule has 1 atom stereocenters. The minimum atomic E-state index is 0.344. The van der Waals surface area contributed by atoms with Crippen molar-refractivity contribution in [1.82, 2.24) is 4.98 Å². The normalized spacial score (nSPS) is 21.9. The van der Waals surface area contributed by atoms with E-state index < -0.39 is 0 Å². The summed E-state index contributed by atoms with van der Waals surface area (Å²) in [6.07, 6.45) is 1.27. The molecule has 2 nitrogen and oxygen atoms in total. The molecule has 2 aromatic rings. The summed E-state index contributed by atoms with van der Waals surface area (Å²) >= 11 is 2.05. The van der Waals surface area contributed by atoms with Crippen LogP contribution in [0.15, 0.2) is 30.3 Å². The molecule has 106 valence electrons. The smallest absolute Gasteiger partial charge is 0.0936 e.